The molecule has 2 nitrogen and oxygen atoms in total. The van der Waals surface area contributed by atoms with E-state index in [4.69, 9.17) is 4.74 Å². The summed E-state index contributed by atoms with van der Waals surface area (Å²) in [6.07, 6.45) is 10.1. The molecule has 0 radical (unpaired) electrons. The molecule has 1 aliphatic rings. The second-order valence-corrected chi connectivity index (χ2v) is 5.87. The van der Waals surface area contributed by atoms with Crippen molar-refractivity contribution in [3.8, 4) is 0 Å². The molecule has 0 saturated carbocycles. The maximum atomic E-state index is 10.8. The number of hydrogen-bond acceptors (Lipinski definition) is 2. The zero-order chi connectivity index (χ0) is 14.2. The predicted octanol–water partition coefficient (Wildman–Crippen LogP) is 4.84. The Hall–Kier alpha value is -1.15. The number of carbonyl (C=O) groups is 1. The van der Waals surface area contributed by atoms with Gasteiger partial charge in [0.25, 0.3) is 0 Å². The lowest BCUT2D eigenvalue weighted by Crippen LogP contribution is -1.91. The van der Waals surface area contributed by atoms with Crippen molar-refractivity contribution >= 4 is 5.78 Å². The first kappa shape index (κ1) is 15.2. The number of ketones is 1. The molecule has 0 aromatic heterocycles. The van der Waals surface area contributed by atoms with Crippen LogP contribution in [-0.4, -0.2) is 11.9 Å². The van der Waals surface area contributed by atoms with E-state index in [1.54, 1.807) is 6.92 Å². The monoisotopic (exact) mass is 274 g/mol. The molecule has 0 unspecified atom stereocenters. The predicted molar refractivity (Wildman–Crippen MR) is 81.7 cm³/mol. The largest absolute Gasteiger partial charge is 0.365 e. The van der Waals surface area contributed by atoms with Crippen LogP contribution in [0.25, 0.3) is 0 Å². The van der Waals surface area contributed by atoms with Crippen molar-refractivity contribution in [1.82, 2.24) is 0 Å². The van der Waals surface area contributed by atoms with Gasteiger partial charge in [-0.1, -0.05) is 62.4 Å². The van der Waals surface area contributed by atoms with Gasteiger partial charge in [0.1, 0.15) is 11.9 Å². The first-order chi connectivity index (χ1) is 9.77. The summed E-state index contributed by atoms with van der Waals surface area (Å²) >= 11 is 0. The van der Waals surface area contributed by atoms with Gasteiger partial charge in [-0.2, -0.15) is 0 Å². The summed E-state index contributed by atoms with van der Waals surface area (Å²) in [6, 6.07) is 10.5. The third-order valence-electron chi connectivity index (χ3n) is 3.98. The lowest BCUT2D eigenvalue weighted by Gasteiger charge is -2.00. The second-order valence-electron chi connectivity index (χ2n) is 5.87. The SMILES string of the molecule is CC(=O)CCCCCCCC[C@H]1O[C@H]1c1ccccc1. The van der Waals surface area contributed by atoms with Crippen molar-refractivity contribution < 1.29 is 9.53 Å². The van der Waals surface area contributed by atoms with Gasteiger partial charge in [0.15, 0.2) is 0 Å². The fourth-order valence-electron chi connectivity index (χ4n) is 2.72. The van der Waals surface area contributed by atoms with Gasteiger partial charge in [0.05, 0.1) is 6.10 Å². The van der Waals surface area contributed by atoms with E-state index >= 15 is 0 Å². The average Bonchev–Trinajstić information content (AvgIpc) is 3.22. The fourth-order valence-corrected chi connectivity index (χ4v) is 2.72. The van der Waals surface area contributed by atoms with Crippen molar-refractivity contribution in [1.29, 1.82) is 0 Å². The number of carbonyl (C=O) groups excluding carboxylic acids is 1. The van der Waals surface area contributed by atoms with Gasteiger partial charge in [0, 0.05) is 6.42 Å². The number of ether oxygens (including phenoxy) is 1. The molecule has 0 amide bonds. The van der Waals surface area contributed by atoms with Gasteiger partial charge < -0.3 is 9.53 Å². The fraction of sp³-hybridized carbons (Fsp3) is 0.611. The van der Waals surface area contributed by atoms with Crippen LogP contribution in [0.2, 0.25) is 0 Å². The van der Waals surface area contributed by atoms with Crippen LogP contribution in [0.4, 0.5) is 0 Å². The summed E-state index contributed by atoms with van der Waals surface area (Å²) in [6.45, 7) is 1.68. The third kappa shape index (κ3) is 5.46. The van der Waals surface area contributed by atoms with Crippen molar-refractivity contribution in [2.45, 2.75) is 70.5 Å². The molecule has 0 aliphatic carbocycles. The summed E-state index contributed by atoms with van der Waals surface area (Å²) in [5.41, 5.74) is 1.32. The maximum Gasteiger partial charge on any atom is 0.129 e. The van der Waals surface area contributed by atoms with Gasteiger partial charge in [-0.3, -0.25) is 0 Å². The van der Waals surface area contributed by atoms with Gasteiger partial charge in [-0.25, -0.2) is 0 Å². The Morgan fingerprint density at radius 1 is 1.00 bits per heavy atom. The zero-order valence-electron chi connectivity index (χ0n) is 12.5. The first-order valence-corrected chi connectivity index (χ1v) is 7.97. The highest BCUT2D eigenvalue weighted by molar-refractivity contribution is 5.75. The second kappa shape index (κ2) is 8.21. The molecule has 1 heterocycles. The van der Waals surface area contributed by atoms with Crippen molar-refractivity contribution in [2.24, 2.45) is 0 Å². The van der Waals surface area contributed by atoms with E-state index in [-0.39, 0.29) is 0 Å². The molecule has 1 aromatic rings. The van der Waals surface area contributed by atoms with Crippen molar-refractivity contribution in [2.75, 3.05) is 0 Å². The Kier molecular flexibility index (Phi) is 6.25. The molecule has 0 bridgehead atoms. The lowest BCUT2D eigenvalue weighted by atomic mass is 10.0. The van der Waals surface area contributed by atoms with Crippen LogP contribution in [0.3, 0.4) is 0 Å². The van der Waals surface area contributed by atoms with Crippen LogP contribution in [-0.2, 0) is 9.53 Å². The minimum atomic E-state index is 0.322. The van der Waals surface area contributed by atoms with Crippen LogP contribution in [0.1, 0.15) is 70.0 Å². The Labute approximate surface area is 122 Å². The lowest BCUT2D eigenvalue weighted by molar-refractivity contribution is -0.117. The molecule has 1 aromatic carbocycles. The number of unbranched alkanes of at least 4 members (excludes halogenated alkanes) is 5. The normalized spacial score (nSPS) is 20.9. The molecule has 0 N–H and O–H groups in total. The summed E-state index contributed by atoms with van der Waals surface area (Å²) in [5, 5.41) is 0. The third-order valence-corrected chi connectivity index (χ3v) is 3.98. The van der Waals surface area contributed by atoms with E-state index in [0.717, 1.165) is 12.8 Å². The quantitative estimate of drug-likeness (QED) is 0.451. The van der Waals surface area contributed by atoms with Gasteiger partial charge in [-0.05, 0) is 25.3 Å². The summed E-state index contributed by atoms with van der Waals surface area (Å²) in [7, 11) is 0. The minimum absolute atomic E-state index is 0.322. The van der Waals surface area contributed by atoms with E-state index in [1.807, 2.05) is 6.07 Å². The van der Waals surface area contributed by atoms with E-state index in [0.29, 0.717) is 18.0 Å². The number of benzene rings is 1. The molecule has 1 saturated heterocycles. The summed E-state index contributed by atoms with van der Waals surface area (Å²) < 4.78 is 5.74. The molecule has 110 valence electrons. The van der Waals surface area contributed by atoms with Gasteiger partial charge in [-0.15, -0.1) is 0 Å². The van der Waals surface area contributed by atoms with Crippen LogP contribution in [0.5, 0.6) is 0 Å². The smallest absolute Gasteiger partial charge is 0.129 e. The molecule has 0 spiro atoms. The standard InChI is InChI=1S/C18H26O2/c1-15(19)11-7-4-2-3-5-10-14-17-18(20-17)16-12-8-6-9-13-16/h6,8-9,12-13,17-18H,2-5,7,10-11,14H2,1H3/t17-,18+/m1/s1. The highest BCUT2D eigenvalue weighted by Crippen LogP contribution is 2.41. The molecular weight excluding hydrogens is 248 g/mol. The first-order valence-electron chi connectivity index (χ1n) is 7.97. The number of epoxide rings is 1. The molecule has 20 heavy (non-hydrogen) atoms. The number of Topliss-reactive ketones (excluding diaryl/α,β-unsaturated/α-hetero) is 1. The minimum Gasteiger partial charge on any atom is -0.365 e. The Bertz CT molecular complexity index is 399. The maximum absolute atomic E-state index is 10.8. The number of rotatable bonds is 10. The average molecular weight is 274 g/mol. The molecule has 2 heteroatoms. The molecule has 2 rings (SSSR count). The van der Waals surface area contributed by atoms with E-state index in [1.165, 1.54) is 44.1 Å². The summed E-state index contributed by atoms with van der Waals surface area (Å²) in [4.78, 5) is 10.8. The van der Waals surface area contributed by atoms with Gasteiger partial charge >= 0.3 is 0 Å². The van der Waals surface area contributed by atoms with Crippen LogP contribution >= 0.6 is 0 Å². The highest BCUT2D eigenvalue weighted by atomic mass is 16.6. The molecular formula is C18H26O2. The Morgan fingerprint density at radius 2 is 1.65 bits per heavy atom. The van der Waals surface area contributed by atoms with Crippen LogP contribution < -0.4 is 0 Å². The zero-order valence-corrected chi connectivity index (χ0v) is 12.5. The Morgan fingerprint density at radius 3 is 2.35 bits per heavy atom. The molecule has 2 atom stereocenters. The van der Waals surface area contributed by atoms with E-state index in [9.17, 15) is 4.79 Å². The van der Waals surface area contributed by atoms with Gasteiger partial charge in [0.2, 0.25) is 0 Å². The molecule has 1 fully saturated rings. The number of hydrogen-bond donors (Lipinski definition) is 0. The van der Waals surface area contributed by atoms with Crippen molar-refractivity contribution in [3.05, 3.63) is 35.9 Å². The summed E-state index contributed by atoms with van der Waals surface area (Å²) in [5.74, 6) is 0.322. The van der Waals surface area contributed by atoms with Crippen LogP contribution in [0, 0.1) is 0 Å². The van der Waals surface area contributed by atoms with E-state index in [2.05, 4.69) is 24.3 Å². The topological polar surface area (TPSA) is 29.6 Å². The highest BCUT2D eigenvalue weighted by Gasteiger charge is 2.38. The van der Waals surface area contributed by atoms with Crippen molar-refractivity contribution in [3.63, 3.8) is 0 Å². The van der Waals surface area contributed by atoms with E-state index < -0.39 is 0 Å². The van der Waals surface area contributed by atoms with Crippen LogP contribution in [0.15, 0.2) is 30.3 Å². The Balaban J connectivity index is 1.44. The molecule has 1 aliphatic heterocycles.